The van der Waals surface area contributed by atoms with Crippen LogP contribution in [0, 0.1) is 0 Å². The van der Waals surface area contributed by atoms with Crippen LogP contribution >= 0.6 is 15.9 Å². The number of aromatic nitrogens is 2. The average molecular weight is 538 g/mol. The van der Waals surface area contributed by atoms with Crippen LogP contribution in [0.2, 0.25) is 0 Å². The van der Waals surface area contributed by atoms with E-state index in [4.69, 9.17) is 10.8 Å². The number of fused-ring (bicyclic) bond motifs is 1. The molecular formula is C27H33BrN6O. The van der Waals surface area contributed by atoms with Crippen LogP contribution in [-0.2, 0) is 19.9 Å². The van der Waals surface area contributed by atoms with E-state index in [1.54, 1.807) is 12.1 Å². The number of nitrogens with zero attached hydrogens (tertiary/aromatic N) is 5. The van der Waals surface area contributed by atoms with Crippen LogP contribution in [0.25, 0.3) is 0 Å². The molecule has 184 valence electrons. The number of piperazine rings is 1. The Morgan fingerprint density at radius 3 is 2.40 bits per heavy atom. The molecule has 2 aliphatic rings. The number of nitrogens with two attached hydrogens (primary N) is 1. The van der Waals surface area contributed by atoms with Gasteiger partial charge in [-0.25, -0.2) is 0 Å². The highest BCUT2D eigenvalue weighted by atomic mass is 79.9. The van der Waals surface area contributed by atoms with E-state index in [9.17, 15) is 4.79 Å². The number of halogens is 1. The van der Waals surface area contributed by atoms with Gasteiger partial charge in [0.15, 0.2) is 0 Å². The van der Waals surface area contributed by atoms with Crippen LogP contribution in [0.4, 0.5) is 17.2 Å². The van der Waals surface area contributed by atoms with E-state index in [1.807, 2.05) is 28.8 Å². The lowest BCUT2D eigenvalue weighted by molar-refractivity contribution is 0.0981. The molecule has 8 heteroatoms. The van der Waals surface area contributed by atoms with Gasteiger partial charge in [-0.1, -0.05) is 15.9 Å². The molecule has 0 bridgehead atoms. The van der Waals surface area contributed by atoms with Gasteiger partial charge in [-0.15, -0.1) is 0 Å². The van der Waals surface area contributed by atoms with Gasteiger partial charge in [-0.05, 0) is 74.2 Å². The fourth-order valence-electron chi connectivity index (χ4n) is 5.21. The van der Waals surface area contributed by atoms with Gasteiger partial charge in [0.2, 0.25) is 0 Å². The van der Waals surface area contributed by atoms with E-state index in [2.05, 4.69) is 50.0 Å². The third kappa shape index (κ3) is 5.23. The van der Waals surface area contributed by atoms with Crippen LogP contribution in [0.1, 0.15) is 34.5 Å². The average Bonchev–Trinajstić information content (AvgIpc) is 3.21. The molecule has 2 aromatic carbocycles. The summed E-state index contributed by atoms with van der Waals surface area (Å²) in [7, 11) is 1.97. The summed E-state index contributed by atoms with van der Waals surface area (Å²) < 4.78 is 3.01. The third-order valence-corrected chi connectivity index (χ3v) is 7.68. The molecule has 2 N–H and O–H groups in total. The molecule has 0 saturated carbocycles. The summed E-state index contributed by atoms with van der Waals surface area (Å²) in [5, 5.41) is 4.79. The maximum absolute atomic E-state index is 13.7. The molecule has 3 aromatic rings. The van der Waals surface area contributed by atoms with Crippen LogP contribution in [0.15, 0.2) is 53.0 Å². The Hall–Kier alpha value is -2.84. The molecule has 0 unspecified atom stereocenters. The Labute approximate surface area is 215 Å². The summed E-state index contributed by atoms with van der Waals surface area (Å²) in [6.45, 7) is 5.37. The normalized spacial score (nSPS) is 16.2. The first-order valence-electron chi connectivity index (χ1n) is 12.4. The second-order valence-electron chi connectivity index (χ2n) is 9.46. The molecule has 5 rings (SSSR count). The van der Waals surface area contributed by atoms with Gasteiger partial charge in [0.05, 0.1) is 5.69 Å². The van der Waals surface area contributed by atoms with E-state index in [0.29, 0.717) is 17.8 Å². The highest BCUT2D eigenvalue weighted by Crippen LogP contribution is 2.31. The first-order chi connectivity index (χ1) is 17.0. The number of amides is 1. The van der Waals surface area contributed by atoms with E-state index >= 15 is 0 Å². The second-order valence-corrected chi connectivity index (χ2v) is 10.4. The number of anilines is 3. The highest BCUT2D eigenvalue weighted by molar-refractivity contribution is 9.10. The van der Waals surface area contributed by atoms with Crippen LogP contribution in [0.5, 0.6) is 0 Å². The molecule has 0 radical (unpaired) electrons. The maximum Gasteiger partial charge on any atom is 0.259 e. The van der Waals surface area contributed by atoms with Crippen molar-refractivity contribution in [2.24, 2.45) is 7.05 Å². The van der Waals surface area contributed by atoms with Crippen molar-refractivity contribution in [2.75, 3.05) is 54.8 Å². The van der Waals surface area contributed by atoms with Crippen molar-refractivity contribution in [1.82, 2.24) is 14.7 Å². The van der Waals surface area contributed by atoms with Gasteiger partial charge in [0, 0.05) is 73.3 Å². The minimum absolute atomic E-state index is 0.00914. The topological polar surface area (TPSA) is 70.6 Å². The van der Waals surface area contributed by atoms with Crippen molar-refractivity contribution < 1.29 is 4.79 Å². The zero-order chi connectivity index (χ0) is 24.4. The van der Waals surface area contributed by atoms with Gasteiger partial charge in [0.25, 0.3) is 5.91 Å². The quantitative estimate of drug-likeness (QED) is 0.480. The molecule has 2 heterocycles. The Balaban J connectivity index is 1.32. The number of carbonyl (C=O) groups excluding carboxylic acids is 1. The number of nitrogen functional groups attached to an aromatic ring is 1. The minimum Gasteiger partial charge on any atom is -0.399 e. The predicted molar refractivity (Wildman–Crippen MR) is 145 cm³/mol. The largest absolute Gasteiger partial charge is 0.399 e. The van der Waals surface area contributed by atoms with Crippen molar-refractivity contribution in [1.29, 1.82) is 0 Å². The zero-order valence-corrected chi connectivity index (χ0v) is 21.9. The van der Waals surface area contributed by atoms with E-state index < -0.39 is 0 Å². The summed E-state index contributed by atoms with van der Waals surface area (Å²) in [6, 6.07) is 15.8. The van der Waals surface area contributed by atoms with Crippen LogP contribution in [0.3, 0.4) is 0 Å². The minimum atomic E-state index is 0.00914. The first kappa shape index (κ1) is 23.9. The standard InChI is InChI=1S/C27H33BrN6O/c1-31-26(24-4-2-3-5-25(24)30-31)34(27(35)20-6-10-22(29)11-7-20)19-16-32-14-17-33(18-15-32)23-12-8-21(28)9-13-23/h6-13H,2-5,14-19,29H2,1H3. The molecule has 1 aromatic heterocycles. The molecule has 35 heavy (non-hydrogen) atoms. The van der Waals surface area contributed by atoms with Gasteiger partial charge in [-0.2, -0.15) is 5.10 Å². The lowest BCUT2D eigenvalue weighted by Crippen LogP contribution is -2.49. The van der Waals surface area contributed by atoms with E-state index in [0.717, 1.165) is 74.4 Å². The summed E-state index contributed by atoms with van der Waals surface area (Å²) in [4.78, 5) is 20.6. The van der Waals surface area contributed by atoms with E-state index in [-0.39, 0.29) is 5.91 Å². The third-order valence-electron chi connectivity index (χ3n) is 7.15. The van der Waals surface area contributed by atoms with Gasteiger partial charge < -0.3 is 10.6 Å². The van der Waals surface area contributed by atoms with Crippen molar-refractivity contribution in [3.05, 3.63) is 69.8 Å². The molecule has 1 aliphatic heterocycles. The van der Waals surface area contributed by atoms with Gasteiger partial charge >= 0.3 is 0 Å². The molecule has 1 fully saturated rings. The van der Waals surface area contributed by atoms with Crippen LogP contribution < -0.4 is 15.5 Å². The second kappa shape index (κ2) is 10.4. The number of carbonyl (C=O) groups is 1. The van der Waals surface area contributed by atoms with Gasteiger partial charge in [-0.3, -0.25) is 19.3 Å². The maximum atomic E-state index is 13.7. The molecule has 0 spiro atoms. The van der Waals surface area contributed by atoms with Crippen molar-refractivity contribution in [3.63, 3.8) is 0 Å². The predicted octanol–water partition coefficient (Wildman–Crippen LogP) is 4.11. The monoisotopic (exact) mass is 536 g/mol. The van der Waals surface area contributed by atoms with Crippen molar-refractivity contribution >= 4 is 39.0 Å². The molecule has 7 nitrogen and oxygen atoms in total. The molecular weight excluding hydrogens is 504 g/mol. The number of hydrogen-bond donors (Lipinski definition) is 1. The Bertz CT molecular complexity index is 1170. The molecule has 1 aliphatic carbocycles. The zero-order valence-electron chi connectivity index (χ0n) is 20.3. The lowest BCUT2D eigenvalue weighted by atomic mass is 9.97. The molecule has 0 atom stereocenters. The number of aryl methyl sites for hydroxylation is 2. The van der Waals surface area contributed by atoms with Crippen LogP contribution in [-0.4, -0.2) is 59.9 Å². The number of hydrogen-bond acceptors (Lipinski definition) is 5. The fourth-order valence-corrected chi connectivity index (χ4v) is 5.47. The molecule has 1 saturated heterocycles. The number of rotatable bonds is 6. The fraction of sp³-hybridized carbons (Fsp3) is 0.407. The Kier molecular flexibility index (Phi) is 7.11. The van der Waals surface area contributed by atoms with Gasteiger partial charge in [0.1, 0.15) is 5.82 Å². The Morgan fingerprint density at radius 1 is 1.00 bits per heavy atom. The van der Waals surface area contributed by atoms with E-state index in [1.165, 1.54) is 11.3 Å². The summed E-state index contributed by atoms with van der Waals surface area (Å²) >= 11 is 3.52. The Morgan fingerprint density at radius 2 is 1.69 bits per heavy atom. The lowest BCUT2D eigenvalue weighted by Gasteiger charge is -2.37. The summed E-state index contributed by atoms with van der Waals surface area (Å²) in [6.07, 6.45) is 4.28. The first-order valence-corrected chi connectivity index (χ1v) is 13.2. The summed E-state index contributed by atoms with van der Waals surface area (Å²) in [5.41, 5.74) is 10.8. The highest BCUT2D eigenvalue weighted by Gasteiger charge is 2.28. The van der Waals surface area contributed by atoms with Crippen molar-refractivity contribution in [2.45, 2.75) is 25.7 Å². The SMILES string of the molecule is Cn1nc2c(c1N(CCN1CCN(c3ccc(Br)cc3)CC1)C(=O)c1ccc(N)cc1)CCCC2. The number of benzene rings is 2. The summed E-state index contributed by atoms with van der Waals surface area (Å²) in [5.74, 6) is 0.963. The van der Waals surface area contributed by atoms with Crippen molar-refractivity contribution in [3.8, 4) is 0 Å². The smallest absolute Gasteiger partial charge is 0.259 e. The molecule has 1 amide bonds.